The number of nitrogens with zero attached hydrogens (tertiary/aromatic N) is 2. The third kappa shape index (κ3) is 3.81. The topological polar surface area (TPSA) is 49.8 Å². The van der Waals surface area contributed by atoms with Crippen molar-refractivity contribution in [3.05, 3.63) is 54.6 Å². The molecule has 0 unspecified atom stereocenters. The van der Waals surface area contributed by atoms with Crippen LogP contribution in [0.25, 0.3) is 0 Å². The minimum Gasteiger partial charge on any atom is -0.357 e. The maximum atomic E-state index is 5.17. The smallest absolute Gasteiger partial charge is 0.171 e. The molecule has 86 valence electrons. The van der Waals surface area contributed by atoms with E-state index in [1.165, 1.54) is 6.33 Å². The van der Waals surface area contributed by atoms with Crippen molar-refractivity contribution in [2.45, 2.75) is 6.54 Å². The first kappa shape index (κ1) is 11.5. The number of anilines is 1. The zero-order valence-corrected chi connectivity index (χ0v) is 9.95. The van der Waals surface area contributed by atoms with Gasteiger partial charge in [0.1, 0.15) is 6.33 Å². The Morgan fingerprint density at radius 2 is 2.00 bits per heavy atom. The maximum absolute atomic E-state index is 5.17. The molecule has 0 bridgehead atoms. The van der Waals surface area contributed by atoms with Crippen LogP contribution in [0, 0.1) is 0 Å². The van der Waals surface area contributed by atoms with Gasteiger partial charge in [0.15, 0.2) is 5.11 Å². The Bertz CT molecular complexity index is 472. The highest BCUT2D eigenvalue weighted by atomic mass is 32.1. The average molecular weight is 244 g/mol. The van der Waals surface area contributed by atoms with Crippen LogP contribution in [-0.4, -0.2) is 15.1 Å². The number of aromatic nitrogens is 2. The summed E-state index contributed by atoms with van der Waals surface area (Å²) in [6.07, 6.45) is 3.22. The van der Waals surface area contributed by atoms with Crippen molar-refractivity contribution in [1.82, 2.24) is 15.3 Å². The fourth-order valence-electron chi connectivity index (χ4n) is 1.29. The van der Waals surface area contributed by atoms with Crippen LogP contribution in [0.5, 0.6) is 0 Å². The van der Waals surface area contributed by atoms with E-state index in [-0.39, 0.29) is 0 Å². The lowest BCUT2D eigenvalue weighted by molar-refractivity contribution is 0.871. The Hall–Kier alpha value is -2.01. The van der Waals surface area contributed by atoms with Gasteiger partial charge in [-0.15, -0.1) is 0 Å². The number of nitrogens with one attached hydrogen (secondary N) is 2. The molecule has 17 heavy (non-hydrogen) atoms. The van der Waals surface area contributed by atoms with Gasteiger partial charge in [0.25, 0.3) is 0 Å². The molecular formula is C12H12N4S. The molecule has 2 N–H and O–H groups in total. The van der Waals surface area contributed by atoms with Crippen LogP contribution in [0.3, 0.4) is 0 Å². The first-order valence-corrected chi connectivity index (χ1v) is 5.60. The second kappa shape index (κ2) is 5.91. The summed E-state index contributed by atoms with van der Waals surface area (Å²) in [5, 5.41) is 6.75. The van der Waals surface area contributed by atoms with E-state index in [1.807, 2.05) is 36.4 Å². The lowest BCUT2D eigenvalue weighted by Gasteiger charge is -2.09. The molecule has 0 radical (unpaired) electrons. The monoisotopic (exact) mass is 244 g/mol. The molecule has 2 rings (SSSR count). The average Bonchev–Trinajstić information content (AvgIpc) is 2.39. The molecule has 2 aromatic rings. The molecule has 1 aromatic heterocycles. The van der Waals surface area contributed by atoms with E-state index < -0.39 is 0 Å². The molecule has 0 amide bonds. The second-order valence-electron chi connectivity index (χ2n) is 3.37. The van der Waals surface area contributed by atoms with E-state index in [9.17, 15) is 0 Å². The van der Waals surface area contributed by atoms with Crippen LogP contribution >= 0.6 is 12.2 Å². The van der Waals surface area contributed by atoms with Crippen molar-refractivity contribution in [1.29, 1.82) is 0 Å². The third-order valence-electron chi connectivity index (χ3n) is 2.10. The number of rotatable bonds is 3. The highest BCUT2D eigenvalue weighted by Gasteiger charge is 1.97. The molecule has 1 aromatic carbocycles. The minimum absolute atomic E-state index is 0.579. The standard InChI is InChI=1S/C12H12N4S/c17-12(16-10-4-2-1-3-5-10)14-8-11-6-7-13-9-15-11/h1-7,9H,8H2,(H2,14,16,17). The Morgan fingerprint density at radius 1 is 1.18 bits per heavy atom. The van der Waals surface area contributed by atoms with E-state index in [1.54, 1.807) is 6.20 Å². The van der Waals surface area contributed by atoms with Crippen molar-refractivity contribution in [3.8, 4) is 0 Å². The Morgan fingerprint density at radius 3 is 2.71 bits per heavy atom. The van der Waals surface area contributed by atoms with Gasteiger partial charge in [-0.05, 0) is 30.4 Å². The highest BCUT2D eigenvalue weighted by Crippen LogP contribution is 2.04. The molecule has 4 nitrogen and oxygen atoms in total. The van der Waals surface area contributed by atoms with Crippen LogP contribution in [0.2, 0.25) is 0 Å². The van der Waals surface area contributed by atoms with E-state index >= 15 is 0 Å². The van der Waals surface area contributed by atoms with Crippen molar-refractivity contribution in [2.24, 2.45) is 0 Å². The van der Waals surface area contributed by atoms with Crippen LogP contribution in [0.15, 0.2) is 48.9 Å². The van der Waals surface area contributed by atoms with Crippen LogP contribution in [0.1, 0.15) is 5.69 Å². The lowest BCUT2D eigenvalue weighted by atomic mass is 10.3. The number of thiocarbonyl (C=S) groups is 1. The molecule has 0 aliphatic heterocycles. The quantitative estimate of drug-likeness (QED) is 0.808. The minimum atomic E-state index is 0.579. The first-order chi connectivity index (χ1) is 8.34. The zero-order valence-electron chi connectivity index (χ0n) is 9.13. The van der Waals surface area contributed by atoms with Crippen LogP contribution in [0.4, 0.5) is 5.69 Å². The van der Waals surface area contributed by atoms with E-state index in [2.05, 4.69) is 20.6 Å². The molecular weight excluding hydrogens is 232 g/mol. The molecule has 0 aliphatic carbocycles. The summed E-state index contributed by atoms with van der Waals surface area (Å²) in [6, 6.07) is 11.6. The summed E-state index contributed by atoms with van der Waals surface area (Å²) in [4.78, 5) is 7.95. The van der Waals surface area contributed by atoms with E-state index in [0.717, 1.165) is 11.4 Å². The van der Waals surface area contributed by atoms with Gasteiger partial charge in [-0.2, -0.15) is 0 Å². The number of hydrogen-bond acceptors (Lipinski definition) is 3. The molecule has 0 atom stereocenters. The fourth-order valence-corrected chi connectivity index (χ4v) is 1.48. The van der Waals surface area contributed by atoms with Gasteiger partial charge in [0, 0.05) is 11.9 Å². The summed E-state index contributed by atoms with van der Waals surface area (Å²) in [6.45, 7) is 0.585. The Balaban J connectivity index is 1.83. The number of para-hydroxylation sites is 1. The maximum Gasteiger partial charge on any atom is 0.171 e. The highest BCUT2D eigenvalue weighted by molar-refractivity contribution is 7.80. The molecule has 0 spiro atoms. The van der Waals surface area contributed by atoms with Gasteiger partial charge < -0.3 is 10.6 Å². The van der Waals surface area contributed by atoms with Crippen LogP contribution < -0.4 is 10.6 Å². The summed E-state index contributed by atoms with van der Waals surface area (Å²) in [5.41, 5.74) is 1.87. The van der Waals surface area contributed by atoms with Crippen molar-refractivity contribution >= 4 is 23.0 Å². The molecule has 0 saturated heterocycles. The van der Waals surface area contributed by atoms with Gasteiger partial charge in [-0.3, -0.25) is 0 Å². The summed E-state index contributed by atoms with van der Waals surface area (Å²) in [5.74, 6) is 0. The molecule has 0 saturated carbocycles. The van der Waals surface area contributed by atoms with Gasteiger partial charge in [-0.1, -0.05) is 18.2 Å². The van der Waals surface area contributed by atoms with Gasteiger partial charge >= 0.3 is 0 Å². The van der Waals surface area contributed by atoms with Gasteiger partial charge in [-0.25, -0.2) is 9.97 Å². The normalized spacial score (nSPS) is 9.65. The molecule has 1 heterocycles. The van der Waals surface area contributed by atoms with Gasteiger partial charge in [0.05, 0.1) is 12.2 Å². The van der Waals surface area contributed by atoms with Gasteiger partial charge in [0.2, 0.25) is 0 Å². The number of benzene rings is 1. The SMILES string of the molecule is S=C(NCc1ccncn1)Nc1ccccc1. The summed E-state index contributed by atoms with van der Waals surface area (Å²) in [7, 11) is 0. The molecule has 5 heteroatoms. The third-order valence-corrected chi connectivity index (χ3v) is 2.35. The Labute approximate surface area is 105 Å². The summed E-state index contributed by atoms with van der Waals surface area (Å²) < 4.78 is 0. The predicted molar refractivity (Wildman–Crippen MR) is 71.5 cm³/mol. The summed E-state index contributed by atoms with van der Waals surface area (Å²) >= 11 is 5.17. The number of hydrogen-bond donors (Lipinski definition) is 2. The second-order valence-corrected chi connectivity index (χ2v) is 3.78. The molecule has 0 aliphatic rings. The first-order valence-electron chi connectivity index (χ1n) is 5.19. The fraction of sp³-hybridized carbons (Fsp3) is 0.0833. The Kier molecular flexibility index (Phi) is 3.99. The molecule has 0 fully saturated rings. The van der Waals surface area contributed by atoms with E-state index in [4.69, 9.17) is 12.2 Å². The lowest BCUT2D eigenvalue weighted by Crippen LogP contribution is -2.28. The predicted octanol–water partition coefficient (Wildman–Crippen LogP) is 1.96. The zero-order chi connectivity index (χ0) is 11.9. The largest absolute Gasteiger partial charge is 0.357 e. The van der Waals surface area contributed by atoms with Crippen LogP contribution in [-0.2, 0) is 6.54 Å². The van der Waals surface area contributed by atoms with Crippen molar-refractivity contribution in [3.63, 3.8) is 0 Å². The van der Waals surface area contributed by atoms with Crippen molar-refractivity contribution < 1.29 is 0 Å². The van der Waals surface area contributed by atoms with E-state index in [0.29, 0.717) is 11.7 Å². The van der Waals surface area contributed by atoms with Crippen molar-refractivity contribution in [2.75, 3.05) is 5.32 Å².